The summed E-state index contributed by atoms with van der Waals surface area (Å²) in [5, 5.41) is 2.97. The number of piperazine rings is 1. The van der Waals surface area contributed by atoms with E-state index in [4.69, 9.17) is 0 Å². The molecule has 1 amide bonds. The smallest absolute Gasteiger partial charge is 0.243 e. The first-order valence-corrected chi connectivity index (χ1v) is 12.1. The standard InChI is InChI=1S/C23H29N3O3S/c1-18(23(27)24-17-19-6-3-2-4-7-19)25-12-14-26(15-13-25)30(28,29)22-11-10-20-8-5-9-21(20)16-22/h2-4,6-7,10-11,16,18H,5,8-9,12-15,17H2,1H3,(H,24,27)/t18-/m0/s1. The van der Waals surface area contributed by atoms with Crippen LogP contribution < -0.4 is 5.32 Å². The lowest BCUT2D eigenvalue weighted by atomic mass is 10.1. The lowest BCUT2D eigenvalue weighted by molar-refractivity contribution is -0.126. The molecule has 7 heteroatoms. The minimum atomic E-state index is -3.49. The second kappa shape index (κ2) is 8.88. The largest absolute Gasteiger partial charge is 0.351 e. The van der Waals surface area contributed by atoms with Gasteiger partial charge in [0.05, 0.1) is 10.9 Å². The van der Waals surface area contributed by atoms with Gasteiger partial charge in [0.25, 0.3) is 0 Å². The number of fused-ring (bicyclic) bond motifs is 1. The van der Waals surface area contributed by atoms with Crippen molar-refractivity contribution in [3.8, 4) is 0 Å². The normalized spacial score (nSPS) is 18.7. The van der Waals surface area contributed by atoms with Gasteiger partial charge in [-0.2, -0.15) is 4.31 Å². The molecule has 0 aromatic heterocycles. The van der Waals surface area contributed by atoms with Gasteiger partial charge in [-0.1, -0.05) is 36.4 Å². The maximum absolute atomic E-state index is 13.1. The fourth-order valence-electron chi connectivity index (χ4n) is 4.29. The van der Waals surface area contributed by atoms with Crippen molar-refractivity contribution in [3.63, 3.8) is 0 Å². The number of carbonyl (C=O) groups is 1. The highest BCUT2D eigenvalue weighted by atomic mass is 32.2. The molecule has 0 spiro atoms. The molecule has 2 aromatic carbocycles. The molecule has 6 nitrogen and oxygen atoms in total. The van der Waals surface area contributed by atoms with Crippen molar-refractivity contribution in [1.82, 2.24) is 14.5 Å². The van der Waals surface area contributed by atoms with Crippen LogP contribution >= 0.6 is 0 Å². The molecule has 1 saturated heterocycles. The first kappa shape index (κ1) is 21.0. The second-order valence-corrected chi connectivity index (χ2v) is 10.0. The zero-order chi connectivity index (χ0) is 21.1. The van der Waals surface area contributed by atoms with Crippen LogP contribution in [0.4, 0.5) is 0 Å². The number of amides is 1. The Hall–Kier alpha value is -2.22. The summed E-state index contributed by atoms with van der Waals surface area (Å²) in [5.41, 5.74) is 3.50. The Labute approximate surface area is 178 Å². The fourth-order valence-corrected chi connectivity index (χ4v) is 5.76. The van der Waals surface area contributed by atoms with Crippen LogP contribution in [0.3, 0.4) is 0 Å². The van der Waals surface area contributed by atoms with Crippen LogP contribution in [0.1, 0.15) is 30.0 Å². The Morgan fingerprint density at radius 2 is 1.70 bits per heavy atom. The number of hydrogen-bond acceptors (Lipinski definition) is 4. The van der Waals surface area contributed by atoms with Crippen LogP contribution in [0.5, 0.6) is 0 Å². The molecule has 160 valence electrons. The van der Waals surface area contributed by atoms with Crippen molar-refractivity contribution in [1.29, 1.82) is 0 Å². The summed E-state index contributed by atoms with van der Waals surface area (Å²) in [7, 11) is -3.49. The monoisotopic (exact) mass is 427 g/mol. The minimum absolute atomic E-state index is 0.0335. The number of nitrogens with zero attached hydrogens (tertiary/aromatic N) is 2. The molecule has 1 atom stereocenters. The van der Waals surface area contributed by atoms with Crippen molar-refractivity contribution in [3.05, 3.63) is 65.2 Å². The molecule has 2 aliphatic rings. The van der Waals surface area contributed by atoms with Crippen molar-refractivity contribution in [2.75, 3.05) is 26.2 Å². The first-order chi connectivity index (χ1) is 14.4. The van der Waals surface area contributed by atoms with E-state index in [1.807, 2.05) is 49.4 Å². The Balaban J connectivity index is 1.33. The molecule has 1 N–H and O–H groups in total. The van der Waals surface area contributed by atoms with Crippen molar-refractivity contribution in [2.45, 2.75) is 43.7 Å². The summed E-state index contributed by atoms with van der Waals surface area (Å²) < 4.78 is 27.7. The van der Waals surface area contributed by atoms with Gasteiger partial charge >= 0.3 is 0 Å². The van der Waals surface area contributed by atoms with Crippen LogP contribution in [0.25, 0.3) is 0 Å². The van der Waals surface area contributed by atoms with Crippen molar-refractivity contribution in [2.24, 2.45) is 0 Å². The van der Waals surface area contributed by atoms with E-state index in [0.717, 1.165) is 24.8 Å². The quantitative estimate of drug-likeness (QED) is 0.767. The summed E-state index contributed by atoms with van der Waals surface area (Å²) in [6.07, 6.45) is 3.10. The number of rotatable bonds is 6. The van der Waals surface area contributed by atoms with Crippen LogP contribution in [0.2, 0.25) is 0 Å². The Morgan fingerprint density at radius 3 is 2.43 bits per heavy atom. The van der Waals surface area contributed by atoms with Gasteiger partial charge in [-0.25, -0.2) is 8.42 Å². The van der Waals surface area contributed by atoms with Crippen LogP contribution in [-0.2, 0) is 34.2 Å². The van der Waals surface area contributed by atoms with E-state index in [9.17, 15) is 13.2 Å². The Kier molecular flexibility index (Phi) is 6.22. The van der Waals surface area contributed by atoms with Gasteiger partial charge in [0.2, 0.25) is 15.9 Å². The van der Waals surface area contributed by atoms with Gasteiger partial charge < -0.3 is 5.32 Å². The van der Waals surface area contributed by atoms with Crippen LogP contribution in [0, 0.1) is 0 Å². The van der Waals surface area contributed by atoms with Crippen LogP contribution in [0.15, 0.2) is 53.4 Å². The summed E-state index contributed by atoms with van der Waals surface area (Å²) in [5.74, 6) is -0.0335. The third-order valence-electron chi connectivity index (χ3n) is 6.22. The van der Waals surface area contributed by atoms with Gasteiger partial charge in [-0.05, 0) is 55.0 Å². The average molecular weight is 428 g/mol. The lowest BCUT2D eigenvalue weighted by Gasteiger charge is -2.36. The molecule has 0 radical (unpaired) electrons. The topological polar surface area (TPSA) is 69.7 Å². The maximum Gasteiger partial charge on any atom is 0.243 e. The van der Waals surface area contributed by atoms with E-state index in [0.29, 0.717) is 37.6 Å². The number of carbonyl (C=O) groups excluding carboxylic acids is 1. The van der Waals surface area contributed by atoms with E-state index >= 15 is 0 Å². The average Bonchev–Trinajstić information content (AvgIpc) is 3.26. The van der Waals surface area contributed by atoms with Gasteiger partial charge in [0.1, 0.15) is 0 Å². The van der Waals surface area contributed by atoms with E-state index in [-0.39, 0.29) is 11.9 Å². The zero-order valence-corrected chi connectivity index (χ0v) is 18.2. The molecular formula is C23H29N3O3S. The van der Waals surface area contributed by atoms with Gasteiger partial charge in [0, 0.05) is 32.7 Å². The third kappa shape index (κ3) is 4.43. The molecule has 1 heterocycles. The lowest BCUT2D eigenvalue weighted by Crippen LogP contribution is -2.54. The predicted octanol–water partition coefficient (Wildman–Crippen LogP) is 2.19. The maximum atomic E-state index is 13.1. The zero-order valence-electron chi connectivity index (χ0n) is 17.4. The third-order valence-corrected chi connectivity index (χ3v) is 8.11. The van der Waals surface area contributed by atoms with E-state index < -0.39 is 10.0 Å². The number of nitrogens with one attached hydrogen (secondary N) is 1. The van der Waals surface area contributed by atoms with Gasteiger partial charge in [-0.15, -0.1) is 0 Å². The number of hydrogen-bond donors (Lipinski definition) is 1. The molecule has 1 fully saturated rings. The molecule has 2 aromatic rings. The molecule has 0 saturated carbocycles. The molecule has 30 heavy (non-hydrogen) atoms. The van der Waals surface area contributed by atoms with Crippen LogP contribution in [-0.4, -0.2) is 55.8 Å². The highest BCUT2D eigenvalue weighted by molar-refractivity contribution is 7.89. The second-order valence-electron chi connectivity index (χ2n) is 8.10. The number of benzene rings is 2. The molecule has 0 bridgehead atoms. The van der Waals surface area contributed by atoms with Gasteiger partial charge in [0.15, 0.2) is 0 Å². The molecule has 0 unspecified atom stereocenters. The highest BCUT2D eigenvalue weighted by Gasteiger charge is 2.32. The van der Waals surface area contributed by atoms with E-state index in [1.54, 1.807) is 10.4 Å². The summed E-state index contributed by atoms with van der Waals surface area (Å²) >= 11 is 0. The molecule has 1 aliphatic carbocycles. The highest BCUT2D eigenvalue weighted by Crippen LogP contribution is 2.26. The minimum Gasteiger partial charge on any atom is -0.351 e. The molecule has 1 aliphatic heterocycles. The fraction of sp³-hybridized carbons (Fsp3) is 0.435. The predicted molar refractivity (Wildman–Crippen MR) is 117 cm³/mol. The van der Waals surface area contributed by atoms with E-state index in [1.165, 1.54) is 11.1 Å². The van der Waals surface area contributed by atoms with Crippen molar-refractivity contribution >= 4 is 15.9 Å². The van der Waals surface area contributed by atoms with E-state index in [2.05, 4.69) is 10.2 Å². The molecule has 4 rings (SSSR count). The number of sulfonamides is 1. The SMILES string of the molecule is C[C@@H](C(=O)NCc1ccccc1)N1CCN(S(=O)(=O)c2ccc3c(c2)CCC3)CC1. The Morgan fingerprint density at radius 1 is 1.00 bits per heavy atom. The Bertz CT molecular complexity index is 1000. The summed E-state index contributed by atoms with van der Waals surface area (Å²) in [6.45, 7) is 4.27. The summed E-state index contributed by atoms with van der Waals surface area (Å²) in [6, 6.07) is 15.1. The summed E-state index contributed by atoms with van der Waals surface area (Å²) in [4.78, 5) is 15.0. The number of aryl methyl sites for hydroxylation is 2. The van der Waals surface area contributed by atoms with Gasteiger partial charge in [-0.3, -0.25) is 9.69 Å². The molecular weight excluding hydrogens is 398 g/mol. The first-order valence-electron chi connectivity index (χ1n) is 10.6. The van der Waals surface area contributed by atoms with Crippen molar-refractivity contribution < 1.29 is 13.2 Å².